The molecule has 6 heteroatoms. The lowest BCUT2D eigenvalue weighted by Gasteiger charge is -2.35. The number of hydrogen-bond donors (Lipinski definition) is 2. The molecule has 1 saturated heterocycles. The Balaban J connectivity index is 0.00000288. The van der Waals surface area contributed by atoms with Crippen molar-refractivity contribution in [3.63, 3.8) is 0 Å². The van der Waals surface area contributed by atoms with Crippen LogP contribution >= 0.6 is 24.0 Å². The third-order valence-corrected chi connectivity index (χ3v) is 5.52. The second-order valence-corrected chi connectivity index (χ2v) is 7.22. The van der Waals surface area contributed by atoms with E-state index in [1.807, 2.05) is 7.05 Å². The number of halogens is 1. The van der Waals surface area contributed by atoms with E-state index >= 15 is 0 Å². The van der Waals surface area contributed by atoms with Gasteiger partial charge < -0.3 is 10.6 Å². The van der Waals surface area contributed by atoms with Gasteiger partial charge in [0.2, 0.25) is 0 Å². The topological polar surface area (TPSA) is 42.9 Å². The lowest BCUT2D eigenvalue weighted by atomic mass is 10.0. The van der Waals surface area contributed by atoms with Gasteiger partial charge >= 0.3 is 0 Å². The first-order valence-corrected chi connectivity index (χ1v) is 9.56. The molecular formula is C18H38IN5. The Morgan fingerprint density at radius 1 is 1.25 bits per heavy atom. The van der Waals surface area contributed by atoms with Crippen LogP contribution in [0.5, 0.6) is 0 Å². The smallest absolute Gasteiger partial charge is 0.191 e. The summed E-state index contributed by atoms with van der Waals surface area (Å²) in [5, 5.41) is 6.95. The van der Waals surface area contributed by atoms with Gasteiger partial charge in [-0.1, -0.05) is 13.3 Å². The highest BCUT2D eigenvalue weighted by molar-refractivity contribution is 14.0. The molecule has 0 radical (unpaired) electrons. The third kappa shape index (κ3) is 7.04. The van der Waals surface area contributed by atoms with Gasteiger partial charge in [-0.3, -0.25) is 14.8 Å². The number of hydrogen-bond acceptors (Lipinski definition) is 3. The van der Waals surface area contributed by atoms with E-state index in [-0.39, 0.29) is 24.0 Å². The standard InChI is InChI=1S/C18H37N5.HI/c1-5-16-8-6-7-12-23(16)13-11-20-18(19-3)21-14-15(2)22(4)17-9-10-17;/h15-17H,5-14H2,1-4H3,(H2,19,20,21);1H. The number of nitrogens with one attached hydrogen (secondary N) is 2. The molecule has 0 spiro atoms. The molecule has 2 N–H and O–H groups in total. The van der Waals surface area contributed by atoms with Crippen LogP contribution in [0.1, 0.15) is 52.4 Å². The van der Waals surface area contributed by atoms with E-state index in [4.69, 9.17) is 0 Å². The van der Waals surface area contributed by atoms with E-state index in [0.717, 1.165) is 37.7 Å². The molecule has 0 aromatic heterocycles. The summed E-state index contributed by atoms with van der Waals surface area (Å²) >= 11 is 0. The Morgan fingerprint density at radius 2 is 2.00 bits per heavy atom. The number of likely N-dealkylation sites (tertiary alicyclic amines) is 1. The molecule has 2 atom stereocenters. The fourth-order valence-corrected chi connectivity index (χ4v) is 3.59. The van der Waals surface area contributed by atoms with Crippen LogP contribution in [-0.4, -0.2) is 74.2 Å². The minimum Gasteiger partial charge on any atom is -0.355 e. The van der Waals surface area contributed by atoms with Gasteiger partial charge in [-0.25, -0.2) is 0 Å². The predicted molar refractivity (Wildman–Crippen MR) is 115 cm³/mol. The van der Waals surface area contributed by atoms with Gasteiger partial charge in [-0.05, 0) is 52.6 Å². The number of nitrogens with zero attached hydrogens (tertiary/aromatic N) is 3. The monoisotopic (exact) mass is 451 g/mol. The van der Waals surface area contributed by atoms with Gasteiger partial charge in [-0.2, -0.15) is 0 Å². The Kier molecular flexibility index (Phi) is 10.5. The molecule has 0 aromatic rings. The van der Waals surface area contributed by atoms with Crippen molar-refractivity contribution < 1.29 is 0 Å². The van der Waals surface area contributed by atoms with Gasteiger partial charge in [0.1, 0.15) is 0 Å². The van der Waals surface area contributed by atoms with E-state index in [9.17, 15) is 0 Å². The number of likely N-dealkylation sites (N-methyl/N-ethyl adjacent to an activating group) is 1. The minimum atomic E-state index is 0. The Hall–Kier alpha value is -0.0800. The van der Waals surface area contributed by atoms with Crippen LogP contribution in [0, 0.1) is 0 Å². The summed E-state index contributed by atoms with van der Waals surface area (Å²) in [7, 11) is 4.10. The average Bonchev–Trinajstić information content (AvgIpc) is 3.42. The molecule has 2 rings (SSSR count). The molecule has 1 aliphatic heterocycles. The van der Waals surface area contributed by atoms with Crippen molar-refractivity contribution in [1.82, 2.24) is 20.4 Å². The molecule has 1 saturated carbocycles. The van der Waals surface area contributed by atoms with Gasteiger partial charge in [0.15, 0.2) is 5.96 Å². The lowest BCUT2D eigenvalue weighted by Crippen LogP contribution is -2.48. The fourth-order valence-electron chi connectivity index (χ4n) is 3.59. The summed E-state index contributed by atoms with van der Waals surface area (Å²) in [5.74, 6) is 0.936. The molecule has 2 aliphatic rings. The van der Waals surface area contributed by atoms with Crippen molar-refractivity contribution in [2.75, 3.05) is 40.3 Å². The van der Waals surface area contributed by atoms with Gasteiger partial charge in [0.25, 0.3) is 0 Å². The first-order chi connectivity index (χ1) is 11.2. The van der Waals surface area contributed by atoms with Crippen LogP contribution in [0.25, 0.3) is 0 Å². The maximum Gasteiger partial charge on any atom is 0.191 e. The quantitative estimate of drug-likeness (QED) is 0.338. The van der Waals surface area contributed by atoms with Crippen LogP contribution in [0.3, 0.4) is 0 Å². The van der Waals surface area contributed by atoms with Crippen LogP contribution in [0.4, 0.5) is 0 Å². The third-order valence-electron chi connectivity index (χ3n) is 5.52. The van der Waals surface area contributed by atoms with Crippen LogP contribution < -0.4 is 10.6 Å². The predicted octanol–water partition coefficient (Wildman–Crippen LogP) is 2.52. The van der Waals surface area contributed by atoms with E-state index in [2.05, 4.69) is 46.3 Å². The zero-order chi connectivity index (χ0) is 16.7. The Labute approximate surface area is 166 Å². The highest BCUT2D eigenvalue weighted by Gasteiger charge is 2.29. The van der Waals surface area contributed by atoms with Crippen molar-refractivity contribution in [3.05, 3.63) is 0 Å². The van der Waals surface area contributed by atoms with Gasteiger partial charge in [-0.15, -0.1) is 24.0 Å². The van der Waals surface area contributed by atoms with Gasteiger partial charge in [0, 0.05) is 44.8 Å². The van der Waals surface area contributed by atoms with Crippen LogP contribution in [-0.2, 0) is 0 Å². The molecule has 0 aromatic carbocycles. The molecule has 5 nitrogen and oxygen atoms in total. The summed E-state index contributed by atoms with van der Waals surface area (Å²) in [6, 6.07) is 2.15. The molecule has 2 unspecified atom stereocenters. The number of guanidine groups is 1. The van der Waals surface area contributed by atoms with E-state index < -0.39 is 0 Å². The second kappa shape index (κ2) is 11.5. The highest BCUT2D eigenvalue weighted by atomic mass is 127. The van der Waals surface area contributed by atoms with Crippen molar-refractivity contribution in [2.24, 2.45) is 4.99 Å². The number of piperidine rings is 1. The summed E-state index contributed by atoms with van der Waals surface area (Å²) in [4.78, 5) is 9.49. The molecular weight excluding hydrogens is 413 g/mol. The highest BCUT2D eigenvalue weighted by Crippen LogP contribution is 2.26. The van der Waals surface area contributed by atoms with Crippen molar-refractivity contribution >= 4 is 29.9 Å². The first kappa shape index (κ1) is 22.0. The van der Waals surface area contributed by atoms with Crippen molar-refractivity contribution in [3.8, 4) is 0 Å². The Morgan fingerprint density at radius 3 is 2.62 bits per heavy atom. The molecule has 2 fully saturated rings. The van der Waals surface area contributed by atoms with E-state index in [0.29, 0.717) is 6.04 Å². The summed E-state index contributed by atoms with van der Waals surface area (Å²) in [6.45, 7) is 8.91. The molecule has 0 amide bonds. The lowest BCUT2D eigenvalue weighted by molar-refractivity contribution is 0.147. The fraction of sp³-hybridized carbons (Fsp3) is 0.944. The van der Waals surface area contributed by atoms with Gasteiger partial charge in [0.05, 0.1) is 0 Å². The zero-order valence-corrected chi connectivity index (χ0v) is 18.4. The summed E-state index contributed by atoms with van der Waals surface area (Å²) in [5.41, 5.74) is 0. The van der Waals surface area contributed by atoms with Crippen molar-refractivity contribution in [1.29, 1.82) is 0 Å². The second-order valence-electron chi connectivity index (χ2n) is 7.22. The minimum absolute atomic E-state index is 0. The van der Waals surface area contributed by atoms with Crippen LogP contribution in [0.2, 0.25) is 0 Å². The van der Waals surface area contributed by atoms with Crippen LogP contribution in [0.15, 0.2) is 4.99 Å². The molecule has 142 valence electrons. The average molecular weight is 451 g/mol. The molecule has 1 aliphatic carbocycles. The largest absolute Gasteiger partial charge is 0.355 e. The molecule has 1 heterocycles. The number of rotatable bonds is 8. The normalized spacial score (nSPS) is 23.7. The van der Waals surface area contributed by atoms with E-state index in [1.54, 1.807) is 0 Å². The number of aliphatic imine (C=N–C) groups is 1. The van der Waals surface area contributed by atoms with E-state index in [1.165, 1.54) is 45.1 Å². The summed E-state index contributed by atoms with van der Waals surface area (Å²) < 4.78 is 0. The maximum atomic E-state index is 4.36. The molecule has 24 heavy (non-hydrogen) atoms. The summed E-state index contributed by atoms with van der Waals surface area (Å²) in [6.07, 6.45) is 8.13. The first-order valence-electron chi connectivity index (χ1n) is 9.56. The maximum absolute atomic E-state index is 4.36. The van der Waals surface area contributed by atoms with Crippen molar-refractivity contribution in [2.45, 2.75) is 70.5 Å². The SMILES string of the molecule is CCC1CCCCN1CCNC(=NC)NCC(C)N(C)C1CC1.I. The molecule has 0 bridgehead atoms. The Bertz CT molecular complexity index is 372. The zero-order valence-electron chi connectivity index (χ0n) is 16.1.